The van der Waals surface area contributed by atoms with Crippen molar-refractivity contribution in [3.05, 3.63) is 36.0 Å². The van der Waals surface area contributed by atoms with Crippen molar-refractivity contribution in [3.8, 4) is 0 Å². The summed E-state index contributed by atoms with van der Waals surface area (Å²) < 4.78 is 6.87. The third kappa shape index (κ3) is 1.99. The molecule has 16 heavy (non-hydrogen) atoms. The van der Waals surface area contributed by atoms with Gasteiger partial charge in [-0.25, -0.2) is 0 Å². The molecule has 3 nitrogen and oxygen atoms in total. The second kappa shape index (κ2) is 4.49. The Kier molecular flexibility index (Phi) is 3.06. The van der Waals surface area contributed by atoms with E-state index in [4.69, 9.17) is 4.74 Å². The average Bonchev–Trinajstić information content (AvgIpc) is 2.56. The molecule has 2 rings (SSSR count). The number of benzene rings is 1. The molecular formula is C13H15NO2. The van der Waals surface area contributed by atoms with Crippen LogP contribution < -0.4 is 0 Å². The Morgan fingerprint density at radius 1 is 1.38 bits per heavy atom. The Morgan fingerprint density at radius 2 is 2.12 bits per heavy atom. The van der Waals surface area contributed by atoms with Crippen LogP contribution in [0.3, 0.4) is 0 Å². The van der Waals surface area contributed by atoms with Gasteiger partial charge in [0.05, 0.1) is 6.54 Å². The highest BCUT2D eigenvalue weighted by Crippen LogP contribution is 2.18. The van der Waals surface area contributed by atoms with Crippen LogP contribution in [0.25, 0.3) is 10.9 Å². The van der Waals surface area contributed by atoms with Gasteiger partial charge in [0.15, 0.2) is 5.78 Å². The highest BCUT2D eigenvalue weighted by Gasteiger charge is 2.08. The fourth-order valence-corrected chi connectivity index (χ4v) is 1.94. The second-order valence-electron chi connectivity index (χ2n) is 3.90. The van der Waals surface area contributed by atoms with Crippen molar-refractivity contribution < 1.29 is 9.53 Å². The summed E-state index contributed by atoms with van der Waals surface area (Å²) in [6.07, 6.45) is 0. The fraction of sp³-hybridized carbons (Fsp3) is 0.308. The molecule has 0 atom stereocenters. The van der Waals surface area contributed by atoms with E-state index in [0.717, 1.165) is 11.2 Å². The van der Waals surface area contributed by atoms with Gasteiger partial charge in [-0.3, -0.25) is 4.79 Å². The molecule has 0 radical (unpaired) electrons. The first-order valence-electron chi connectivity index (χ1n) is 5.28. The normalized spacial score (nSPS) is 10.9. The molecule has 0 N–H and O–H groups in total. The SMILES string of the molecule is COCC(=O)Cn1c(C)cc2ccccc21. The Hall–Kier alpha value is -1.61. The van der Waals surface area contributed by atoms with Crippen LogP contribution in [0.1, 0.15) is 5.69 Å². The number of fused-ring (bicyclic) bond motifs is 1. The topological polar surface area (TPSA) is 31.2 Å². The molecular weight excluding hydrogens is 202 g/mol. The Balaban J connectivity index is 2.36. The lowest BCUT2D eigenvalue weighted by Gasteiger charge is -2.06. The van der Waals surface area contributed by atoms with E-state index in [9.17, 15) is 4.79 Å². The van der Waals surface area contributed by atoms with Gasteiger partial charge in [0.25, 0.3) is 0 Å². The van der Waals surface area contributed by atoms with Gasteiger partial charge in [0, 0.05) is 18.3 Å². The Labute approximate surface area is 94.6 Å². The maximum Gasteiger partial charge on any atom is 0.178 e. The van der Waals surface area contributed by atoms with Gasteiger partial charge < -0.3 is 9.30 Å². The summed E-state index contributed by atoms with van der Waals surface area (Å²) >= 11 is 0. The van der Waals surface area contributed by atoms with Crippen LogP contribution in [0.2, 0.25) is 0 Å². The van der Waals surface area contributed by atoms with Crippen LogP contribution in [-0.4, -0.2) is 24.1 Å². The number of hydrogen-bond acceptors (Lipinski definition) is 2. The smallest absolute Gasteiger partial charge is 0.178 e. The molecule has 2 aromatic rings. The Morgan fingerprint density at radius 3 is 2.88 bits per heavy atom. The molecule has 0 saturated heterocycles. The molecule has 84 valence electrons. The van der Waals surface area contributed by atoms with Gasteiger partial charge in [-0.2, -0.15) is 0 Å². The highest BCUT2D eigenvalue weighted by atomic mass is 16.5. The van der Waals surface area contributed by atoms with Crippen LogP contribution in [0.4, 0.5) is 0 Å². The van der Waals surface area contributed by atoms with E-state index in [-0.39, 0.29) is 12.4 Å². The van der Waals surface area contributed by atoms with Crippen LogP contribution in [0.15, 0.2) is 30.3 Å². The van der Waals surface area contributed by atoms with E-state index in [1.165, 1.54) is 5.39 Å². The van der Waals surface area contributed by atoms with Crippen LogP contribution in [0.5, 0.6) is 0 Å². The number of carbonyl (C=O) groups excluding carboxylic acids is 1. The quantitative estimate of drug-likeness (QED) is 0.786. The largest absolute Gasteiger partial charge is 0.377 e. The van der Waals surface area contributed by atoms with Crippen molar-refractivity contribution in [1.29, 1.82) is 0 Å². The van der Waals surface area contributed by atoms with Crippen molar-refractivity contribution in [3.63, 3.8) is 0 Å². The molecule has 0 spiro atoms. The molecule has 0 aliphatic heterocycles. The number of methoxy groups -OCH3 is 1. The van der Waals surface area contributed by atoms with Crippen molar-refractivity contribution in [2.75, 3.05) is 13.7 Å². The van der Waals surface area contributed by atoms with E-state index in [1.54, 1.807) is 7.11 Å². The molecule has 1 heterocycles. The number of nitrogens with zero attached hydrogens (tertiary/aromatic N) is 1. The number of para-hydroxylation sites is 1. The predicted molar refractivity (Wildman–Crippen MR) is 63.6 cm³/mol. The molecule has 0 bridgehead atoms. The van der Waals surface area contributed by atoms with E-state index < -0.39 is 0 Å². The first kappa shape index (κ1) is 10.9. The van der Waals surface area contributed by atoms with Gasteiger partial charge in [0.1, 0.15) is 6.61 Å². The molecule has 0 fully saturated rings. The highest BCUT2D eigenvalue weighted by molar-refractivity contribution is 5.85. The van der Waals surface area contributed by atoms with Gasteiger partial charge in [0.2, 0.25) is 0 Å². The maximum absolute atomic E-state index is 11.6. The van der Waals surface area contributed by atoms with Crippen molar-refractivity contribution >= 4 is 16.7 Å². The number of carbonyl (C=O) groups is 1. The summed E-state index contributed by atoms with van der Waals surface area (Å²) in [4.78, 5) is 11.6. The number of ketones is 1. The number of ether oxygens (including phenoxy) is 1. The summed E-state index contributed by atoms with van der Waals surface area (Å²) in [5.41, 5.74) is 2.20. The monoisotopic (exact) mass is 217 g/mol. The van der Waals surface area contributed by atoms with Crippen molar-refractivity contribution in [2.24, 2.45) is 0 Å². The van der Waals surface area contributed by atoms with E-state index in [0.29, 0.717) is 6.54 Å². The summed E-state index contributed by atoms with van der Waals surface area (Å²) in [5, 5.41) is 1.17. The lowest BCUT2D eigenvalue weighted by molar-refractivity contribution is -0.123. The molecule has 3 heteroatoms. The number of Topliss-reactive ketones (excluding diaryl/α,β-unsaturated/α-hetero) is 1. The molecule has 0 saturated carbocycles. The predicted octanol–water partition coefficient (Wildman–Crippen LogP) is 2.17. The standard InChI is InChI=1S/C13H15NO2/c1-10-7-11-5-3-4-6-13(11)14(10)8-12(15)9-16-2/h3-7H,8-9H2,1-2H3. The molecule has 0 aliphatic rings. The van der Waals surface area contributed by atoms with Crippen LogP contribution in [-0.2, 0) is 16.1 Å². The summed E-state index contributed by atoms with van der Waals surface area (Å²) in [7, 11) is 1.54. The van der Waals surface area contributed by atoms with Crippen molar-refractivity contribution in [1.82, 2.24) is 4.57 Å². The minimum atomic E-state index is 0.0898. The molecule has 0 aliphatic carbocycles. The summed E-state index contributed by atoms with van der Waals surface area (Å²) in [6, 6.07) is 10.2. The Bertz CT molecular complexity index is 514. The zero-order chi connectivity index (χ0) is 11.5. The maximum atomic E-state index is 11.6. The lowest BCUT2D eigenvalue weighted by atomic mass is 10.2. The van der Waals surface area contributed by atoms with Gasteiger partial charge >= 0.3 is 0 Å². The lowest BCUT2D eigenvalue weighted by Crippen LogP contribution is -2.15. The zero-order valence-corrected chi connectivity index (χ0v) is 9.56. The average molecular weight is 217 g/mol. The molecule has 1 aromatic heterocycles. The van der Waals surface area contributed by atoms with Gasteiger partial charge in [-0.15, -0.1) is 0 Å². The van der Waals surface area contributed by atoms with E-state index in [1.807, 2.05) is 29.7 Å². The summed E-state index contributed by atoms with van der Waals surface area (Å²) in [6.45, 7) is 2.57. The number of aryl methyl sites for hydroxylation is 1. The number of hydrogen-bond donors (Lipinski definition) is 0. The van der Waals surface area contributed by atoms with Gasteiger partial charge in [-0.05, 0) is 24.4 Å². The minimum absolute atomic E-state index is 0.0898. The van der Waals surface area contributed by atoms with E-state index in [2.05, 4.69) is 12.1 Å². The molecule has 1 aromatic carbocycles. The molecule has 0 unspecified atom stereocenters. The number of rotatable bonds is 4. The van der Waals surface area contributed by atoms with Crippen molar-refractivity contribution in [2.45, 2.75) is 13.5 Å². The fourth-order valence-electron chi connectivity index (χ4n) is 1.94. The minimum Gasteiger partial charge on any atom is -0.377 e. The van der Waals surface area contributed by atoms with Gasteiger partial charge in [-0.1, -0.05) is 18.2 Å². The summed E-state index contributed by atoms with van der Waals surface area (Å²) in [5.74, 6) is 0.0898. The van der Waals surface area contributed by atoms with E-state index >= 15 is 0 Å². The van der Waals surface area contributed by atoms with Crippen LogP contribution in [0, 0.1) is 6.92 Å². The van der Waals surface area contributed by atoms with Crippen LogP contribution >= 0.6 is 0 Å². The number of aromatic nitrogens is 1. The first-order valence-corrected chi connectivity index (χ1v) is 5.28. The zero-order valence-electron chi connectivity index (χ0n) is 9.56. The first-order chi connectivity index (χ1) is 7.72. The second-order valence-corrected chi connectivity index (χ2v) is 3.90. The third-order valence-electron chi connectivity index (χ3n) is 2.66. The third-order valence-corrected chi connectivity index (χ3v) is 2.66. The molecule has 0 amide bonds.